The molecule has 0 spiro atoms. The fourth-order valence-electron chi connectivity index (χ4n) is 3.05. The fraction of sp³-hybridized carbons (Fsp3) is 1.00. The maximum atomic E-state index is 11.5. The van der Waals surface area contributed by atoms with Crippen LogP contribution in [0.1, 0.15) is 39.0 Å². The first-order valence-corrected chi connectivity index (χ1v) is 7.77. The van der Waals surface area contributed by atoms with E-state index >= 15 is 0 Å². The van der Waals surface area contributed by atoms with Crippen LogP contribution in [0, 0.1) is 5.92 Å². The molecule has 0 bridgehead atoms. The van der Waals surface area contributed by atoms with E-state index in [1.54, 1.807) is 0 Å². The lowest BCUT2D eigenvalue weighted by atomic mass is 9.86. The topological polar surface area (TPSA) is 46.2 Å². The van der Waals surface area contributed by atoms with Crippen LogP contribution in [0.4, 0.5) is 0 Å². The van der Waals surface area contributed by atoms with Crippen LogP contribution in [0.2, 0.25) is 0 Å². The Morgan fingerprint density at radius 2 is 2.20 bits per heavy atom. The molecular formula is C11H21NO2S. The summed E-state index contributed by atoms with van der Waals surface area (Å²) in [5, 5.41) is 3.51. The third kappa shape index (κ3) is 2.94. The van der Waals surface area contributed by atoms with Gasteiger partial charge in [0.15, 0.2) is 9.84 Å². The van der Waals surface area contributed by atoms with Gasteiger partial charge in [-0.25, -0.2) is 8.42 Å². The van der Waals surface area contributed by atoms with Gasteiger partial charge in [0.05, 0.1) is 11.5 Å². The predicted molar refractivity (Wildman–Crippen MR) is 61.6 cm³/mol. The highest BCUT2D eigenvalue weighted by atomic mass is 32.2. The summed E-state index contributed by atoms with van der Waals surface area (Å²) < 4.78 is 23.0. The van der Waals surface area contributed by atoms with Crippen LogP contribution in [-0.4, -0.2) is 32.0 Å². The Morgan fingerprint density at radius 1 is 1.40 bits per heavy atom. The van der Waals surface area contributed by atoms with E-state index in [-0.39, 0.29) is 5.54 Å². The van der Waals surface area contributed by atoms with Gasteiger partial charge in [-0.1, -0.05) is 0 Å². The molecule has 1 N–H and O–H groups in total. The highest BCUT2D eigenvalue weighted by Crippen LogP contribution is 2.31. The predicted octanol–water partition coefficient (Wildman–Crippen LogP) is 1.34. The normalized spacial score (nSPS) is 40.5. The largest absolute Gasteiger partial charge is 0.312 e. The van der Waals surface area contributed by atoms with Gasteiger partial charge in [0, 0.05) is 5.54 Å². The first-order chi connectivity index (χ1) is 6.99. The molecule has 2 aliphatic rings. The molecule has 88 valence electrons. The summed E-state index contributed by atoms with van der Waals surface area (Å²) >= 11 is 0. The van der Waals surface area contributed by atoms with Gasteiger partial charge in [0.2, 0.25) is 0 Å². The summed E-state index contributed by atoms with van der Waals surface area (Å²) in [6.07, 6.45) is 5.42. The van der Waals surface area contributed by atoms with Crippen molar-refractivity contribution in [2.75, 3.05) is 18.1 Å². The van der Waals surface area contributed by atoms with E-state index in [4.69, 9.17) is 0 Å². The summed E-state index contributed by atoms with van der Waals surface area (Å²) in [7, 11) is -2.73. The molecule has 2 fully saturated rings. The molecule has 2 heterocycles. The number of hydrogen-bond donors (Lipinski definition) is 1. The molecule has 2 rings (SSSR count). The zero-order chi connectivity index (χ0) is 10.9. The van der Waals surface area contributed by atoms with Crippen molar-refractivity contribution in [2.45, 2.75) is 44.6 Å². The maximum Gasteiger partial charge on any atom is 0.150 e. The minimum absolute atomic E-state index is 0.206. The van der Waals surface area contributed by atoms with Gasteiger partial charge < -0.3 is 5.32 Å². The molecule has 2 atom stereocenters. The standard InChI is InChI=1S/C11H21NO2S/c1-11(5-3-6-12-11)8-10-4-2-7-15(13,14)9-10/h10,12H,2-9H2,1H3. The number of sulfone groups is 1. The Bertz CT molecular complexity index is 317. The lowest BCUT2D eigenvalue weighted by Gasteiger charge is -2.31. The zero-order valence-corrected chi connectivity index (χ0v) is 10.3. The van der Waals surface area contributed by atoms with Crippen LogP contribution in [0.25, 0.3) is 0 Å². The molecule has 0 amide bonds. The van der Waals surface area contributed by atoms with Crippen LogP contribution in [0.15, 0.2) is 0 Å². The summed E-state index contributed by atoms with van der Waals surface area (Å²) in [5.41, 5.74) is 0.206. The Balaban J connectivity index is 1.94. The average molecular weight is 231 g/mol. The second-order valence-corrected chi connectivity index (χ2v) is 7.65. The molecule has 2 unspecified atom stereocenters. The van der Waals surface area contributed by atoms with Crippen molar-refractivity contribution in [3.63, 3.8) is 0 Å². The van der Waals surface area contributed by atoms with E-state index in [0.717, 1.165) is 25.8 Å². The van der Waals surface area contributed by atoms with E-state index in [2.05, 4.69) is 12.2 Å². The molecular weight excluding hydrogens is 210 g/mol. The molecule has 0 aromatic heterocycles. The molecule has 2 saturated heterocycles. The first-order valence-electron chi connectivity index (χ1n) is 5.95. The highest BCUT2D eigenvalue weighted by Gasteiger charge is 2.34. The Hall–Kier alpha value is -0.0900. The van der Waals surface area contributed by atoms with E-state index in [1.165, 1.54) is 12.8 Å². The van der Waals surface area contributed by atoms with Gasteiger partial charge in [-0.15, -0.1) is 0 Å². The van der Waals surface area contributed by atoms with Crippen molar-refractivity contribution in [1.29, 1.82) is 0 Å². The van der Waals surface area contributed by atoms with Crippen LogP contribution in [0.5, 0.6) is 0 Å². The summed E-state index contributed by atoms with van der Waals surface area (Å²) in [6.45, 7) is 3.33. The van der Waals surface area contributed by atoms with E-state index < -0.39 is 9.84 Å². The van der Waals surface area contributed by atoms with Gasteiger partial charge in [0.1, 0.15) is 0 Å². The third-order valence-corrected chi connectivity index (χ3v) is 5.64. The zero-order valence-electron chi connectivity index (χ0n) is 9.46. The van der Waals surface area contributed by atoms with Crippen molar-refractivity contribution in [2.24, 2.45) is 5.92 Å². The van der Waals surface area contributed by atoms with Crippen molar-refractivity contribution in [3.8, 4) is 0 Å². The van der Waals surface area contributed by atoms with E-state index in [0.29, 0.717) is 17.4 Å². The maximum absolute atomic E-state index is 11.5. The third-order valence-electron chi connectivity index (χ3n) is 3.75. The molecule has 0 aliphatic carbocycles. The van der Waals surface area contributed by atoms with Gasteiger partial charge >= 0.3 is 0 Å². The molecule has 3 nitrogen and oxygen atoms in total. The minimum atomic E-state index is -2.73. The summed E-state index contributed by atoms with van der Waals surface area (Å²) in [6, 6.07) is 0. The molecule has 0 aromatic carbocycles. The number of hydrogen-bond acceptors (Lipinski definition) is 3. The SMILES string of the molecule is CC1(CC2CCCS(=O)(=O)C2)CCCN1. The monoisotopic (exact) mass is 231 g/mol. The smallest absolute Gasteiger partial charge is 0.150 e. The molecule has 4 heteroatoms. The minimum Gasteiger partial charge on any atom is -0.312 e. The van der Waals surface area contributed by atoms with E-state index in [9.17, 15) is 8.42 Å². The van der Waals surface area contributed by atoms with Crippen LogP contribution >= 0.6 is 0 Å². The second kappa shape index (κ2) is 4.06. The van der Waals surface area contributed by atoms with Gasteiger partial charge in [-0.2, -0.15) is 0 Å². The van der Waals surface area contributed by atoms with Crippen LogP contribution < -0.4 is 5.32 Å². The van der Waals surface area contributed by atoms with Gasteiger partial charge in [-0.05, 0) is 51.5 Å². The number of nitrogens with one attached hydrogen (secondary N) is 1. The first kappa shape index (κ1) is 11.4. The van der Waals surface area contributed by atoms with Crippen molar-refractivity contribution in [3.05, 3.63) is 0 Å². The second-order valence-electron chi connectivity index (χ2n) is 5.42. The number of rotatable bonds is 2. The summed E-state index contributed by atoms with van der Waals surface area (Å²) in [4.78, 5) is 0. The molecule has 15 heavy (non-hydrogen) atoms. The lowest BCUT2D eigenvalue weighted by Crippen LogP contribution is -2.40. The Morgan fingerprint density at radius 3 is 2.80 bits per heavy atom. The fourth-order valence-corrected chi connectivity index (χ4v) is 4.82. The Kier molecular flexibility index (Phi) is 3.08. The molecule has 0 radical (unpaired) electrons. The molecule has 0 aromatic rings. The van der Waals surface area contributed by atoms with Crippen molar-refractivity contribution < 1.29 is 8.42 Å². The average Bonchev–Trinajstić information content (AvgIpc) is 2.49. The summed E-state index contributed by atoms with van der Waals surface area (Å²) in [5.74, 6) is 1.22. The Labute approximate surface area is 92.6 Å². The molecule has 0 saturated carbocycles. The van der Waals surface area contributed by atoms with Crippen molar-refractivity contribution in [1.82, 2.24) is 5.32 Å². The van der Waals surface area contributed by atoms with Crippen LogP contribution in [0.3, 0.4) is 0 Å². The van der Waals surface area contributed by atoms with E-state index in [1.807, 2.05) is 0 Å². The van der Waals surface area contributed by atoms with Crippen LogP contribution in [-0.2, 0) is 9.84 Å². The van der Waals surface area contributed by atoms with Gasteiger partial charge in [-0.3, -0.25) is 0 Å². The van der Waals surface area contributed by atoms with Crippen molar-refractivity contribution >= 4 is 9.84 Å². The quantitative estimate of drug-likeness (QED) is 0.780. The lowest BCUT2D eigenvalue weighted by molar-refractivity contribution is 0.305. The molecule has 2 aliphatic heterocycles. The van der Waals surface area contributed by atoms with Gasteiger partial charge in [0.25, 0.3) is 0 Å². The highest BCUT2D eigenvalue weighted by molar-refractivity contribution is 7.91.